The smallest absolute Gasteiger partial charge is 0.351 e. The summed E-state index contributed by atoms with van der Waals surface area (Å²) in [4.78, 5) is 24.7. The van der Waals surface area contributed by atoms with Crippen molar-refractivity contribution in [1.29, 1.82) is 0 Å². The molecule has 202 valence electrons. The molecular formula is C25H27F4N7O2. The maximum atomic E-state index is 13.8. The van der Waals surface area contributed by atoms with Gasteiger partial charge in [-0.2, -0.15) is 10.1 Å². The quantitative estimate of drug-likeness (QED) is 0.288. The van der Waals surface area contributed by atoms with Crippen LogP contribution in [0.2, 0.25) is 0 Å². The van der Waals surface area contributed by atoms with Crippen molar-refractivity contribution in [3.8, 4) is 11.1 Å². The Morgan fingerprint density at radius 3 is 2.66 bits per heavy atom. The molecule has 13 heteroatoms. The molecule has 0 atom stereocenters. The Hall–Kier alpha value is -3.74. The standard InChI is InChI=1S/C25H27F4N7O2/c1-24(2,26)13-32-22(37)19-12-33-36-8-7-14(9-20(19)36)17-10-30-21-18(17)11-31-23(35-21)34-15-3-5-16(6-4-15)38-25(27,28)29/h7-12,15-16H,3-6,13H2,1-2H3,(H,32,37)(H2,30,31,34,35)/t15-,16+. The van der Waals surface area contributed by atoms with E-state index in [0.717, 1.165) is 16.5 Å². The number of aromatic amines is 1. The zero-order chi connectivity index (χ0) is 27.1. The molecule has 3 N–H and O–H groups in total. The highest BCUT2D eigenvalue weighted by atomic mass is 19.4. The predicted octanol–water partition coefficient (Wildman–Crippen LogP) is 5.01. The summed E-state index contributed by atoms with van der Waals surface area (Å²) < 4.78 is 56.9. The minimum absolute atomic E-state index is 0.0493. The fourth-order valence-electron chi connectivity index (χ4n) is 4.62. The van der Waals surface area contributed by atoms with Crippen LogP contribution >= 0.6 is 0 Å². The summed E-state index contributed by atoms with van der Waals surface area (Å²) in [5.74, 6) is -0.0353. The SMILES string of the molecule is CC(C)(F)CNC(=O)c1cnn2ccc(-c3c[nH]c4nc(N[C@H]5CC[C@@H](OC(F)(F)F)CC5)ncc34)cc12. The molecular weight excluding hydrogens is 506 g/mol. The van der Waals surface area contributed by atoms with Gasteiger partial charge in [0.2, 0.25) is 5.95 Å². The number of pyridine rings is 1. The van der Waals surface area contributed by atoms with Gasteiger partial charge in [-0.05, 0) is 57.2 Å². The molecule has 4 aromatic heterocycles. The van der Waals surface area contributed by atoms with E-state index in [-0.39, 0.29) is 12.6 Å². The van der Waals surface area contributed by atoms with E-state index in [2.05, 4.69) is 35.4 Å². The molecule has 9 nitrogen and oxygen atoms in total. The lowest BCUT2D eigenvalue weighted by Gasteiger charge is -2.29. The molecule has 0 saturated heterocycles. The highest BCUT2D eigenvalue weighted by molar-refractivity contribution is 6.02. The van der Waals surface area contributed by atoms with Crippen molar-refractivity contribution in [2.24, 2.45) is 0 Å². The van der Waals surface area contributed by atoms with Crippen LogP contribution in [-0.4, -0.2) is 61.2 Å². The number of aromatic nitrogens is 5. The summed E-state index contributed by atoms with van der Waals surface area (Å²) in [6.07, 6.45) is 2.83. The number of alkyl halides is 4. The first-order valence-corrected chi connectivity index (χ1v) is 12.3. The Morgan fingerprint density at radius 1 is 1.18 bits per heavy atom. The number of ether oxygens (including phenoxy) is 1. The molecule has 0 unspecified atom stereocenters. The van der Waals surface area contributed by atoms with E-state index >= 15 is 0 Å². The summed E-state index contributed by atoms with van der Waals surface area (Å²) in [7, 11) is 0. The van der Waals surface area contributed by atoms with Crippen molar-refractivity contribution in [1.82, 2.24) is 29.9 Å². The third kappa shape index (κ3) is 5.87. The topological polar surface area (TPSA) is 109 Å². The number of H-pyrrole nitrogens is 1. The number of carbonyl (C=O) groups is 1. The normalized spacial score (nSPS) is 18.7. The molecule has 0 radical (unpaired) electrons. The fourth-order valence-corrected chi connectivity index (χ4v) is 4.62. The third-order valence-corrected chi connectivity index (χ3v) is 6.49. The predicted molar refractivity (Wildman–Crippen MR) is 132 cm³/mol. The Kier molecular flexibility index (Phi) is 6.72. The largest absolute Gasteiger partial charge is 0.522 e. The highest BCUT2D eigenvalue weighted by Crippen LogP contribution is 2.31. The van der Waals surface area contributed by atoms with Crippen molar-refractivity contribution in [2.45, 2.75) is 63.7 Å². The summed E-state index contributed by atoms with van der Waals surface area (Å²) in [6.45, 7) is 2.65. The van der Waals surface area contributed by atoms with Gasteiger partial charge in [0.25, 0.3) is 5.91 Å². The minimum Gasteiger partial charge on any atom is -0.351 e. The molecule has 4 aromatic rings. The molecule has 0 bridgehead atoms. The van der Waals surface area contributed by atoms with Crippen molar-refractivity contribution in [3.05, 3.63) is 42.5 Å². The van der Waals surface area contributed by atoms with Crippen molar-refractivity contribution >= 4 is 28.4 Å². The van der Waals surface area contributed by atoms with E-state index in [1.54, 1.807) is 23.1 Å². The lowest BCUT2D eigenvalue weighted by Crippen LogP contribution is -2.35. The van der Waals surface area contributed by atoms with Gasteiger partial charge in [0.1, 0.15) is 11.3 Å². The number of nitrogens with zero attached hydrogens (tertiary/aromatic N) is 4. The number of nitrogens with one attached hydrogen (secondary N) is 3. The van der Waals surface area contributed by atoms with E-state index in [1.807, 2.05) is 12.1 Å². The Morgan fingerprint density at radius 2 is 1.95 bits per heavy atom. The second-order valence-electron chi connectivity index (χ2n) is 10.0. The second-order valence-corrected chi connectivity index (χ2v) is 10.0. The molecule has 1 amide bonds. The molecule has 0 aliphatic heterocycles. The number of carbonyl (C=O) groups excluding carboxylic acids is 1. The molecule has 1 aliphatic rings. The fraction of sp³-hybridized carbons (Fsp3) is 0.440. The van der Waals surface area contributed by atoms with Gasteiger partial charge in [0.05, 0.1) is 29.9 Å². The first-order valence-electron chi connectivity index (χ1n) is 12.3. The maximum absolute atomic E-state index is 13.8. The van der Waals surface area contributed by atoms with Gasteiger partial charge in [0.15, 0.2) is 0 Å². The molecule has 1 fully saturated rings. The number of hydrogen-bond donors (Lipinski definition) is 3. The molecule has 0 aromatic carbocycles. The van der Waals surface area contributed by atoms with Gasteiger partial charge in [0, 0.05) is 35.6 Å². The Balaban J connectivity index is 1.31. The second kappa shape index (κ2) is 9.86. The van der Waals surface area contributed by atoms with Crippen molar-refractivity contribution < 1.29 is 27.1 Å². The van der Waals surface area contributed by atoms with Gasteiger partial charge in [-0.15, -0.1) is 13.2 Å². The molecule has 5 rings (SSSR count). The van der Waals surface area contributed by atoms with Crippen LogP contribution in [0, 0.1) is 0 Å². The molecule has 1 aliphatic carbocycles. The summed E-state index contributed by atoms with van der Waals surface area (Å²) in [6, 6.07) is 3.62. The van der Waals surface area contributed by atoms with Crippen molar-refractivity contribution in [3.63, 3.8) is 0 Å². The maximum Gasteiger partial charge on any atom is 0.522 e. The van der Waals surface area contributed by atoms with Gasteiger partial charge in [-0.1, -0.05) is 0 Å². The monoisotopic (exact) mass is 533 g/mol. The van der Waals surface area contributed by atoms with E-state index in [1.165, 1.54) is 20.0 Å². The van der Waals surface area contributed by atoms with E-state index in [9.17, 15) is 22.4 Å². The number of fused-ring (bicyclic) bond motifs is 2. The molecule has 0 spiro atoms. The van der Waals surface area contributed by atoms with Crippen LogP contribution in [-0.2, 0) is 4.74 Å². The van der Waals surface area contributed by atoms with Crippen LogP contribution < -0.4 is 10.6 Å². The molecule has 38 heavy (non-hydrogen) atoms. The number of halogens is 4. The lowest BCUT2D eigenvalue weighted by molar-refractivity contribution is -0.345. The Labute approximate surface area is 215 Å². The first-order chi connectivity index (χ1) is 17.9. The zero-order valence-corrected chi connectivity index (χ0v) is 20.8. The average Bonchev–Trinajstić information content (AvgIpc) is 3.46. The van der Waals surface area contributed by atoms with Crippen LogP contribution in [0.3, 0.4) is 0 Å². The number of anilines is 1. The van der Waals surface area contributed by atoms with Crippen LogP contribution in [0.15, 0.2) is 36.9 Å². The van der Waals surface area contributed by atoms with Gasteiger partial charge < -0.3 is 15.6 Å². The van der Waals surface area contributed by atoms with Crippen LogP contribution in [0.25, 0.3) is 27.7 Å². The molecule has 4 heterocycles. The molecule has 1 saturated carbocycles. The van der Waals surface area contributed by atoms with E-state index in [4.69, 9.17) is 0 Å². The number of amides is 1. The van der Waals surface area contributed by atoms with Gasteiger partial charge in [-0.25, -0.2) is 13.9 Å². The van der Waals surface area contributed by atoms with E-state index < -0.39 is 24.0 Å². The third-order valence-electron chi connectivity index (χ3n) is 6.49. The summed E-state index contributed by atoms with van der Waals surface area (Å²) in [5.41, 5.74) is 1.56. The van der Waals surface area contributed by atoms with Gasteiger partial charge in [-0.3, -0.25) is 9.53 Å². The average molecular weight is 534 g/mol. The zero-order valence-electron chi connectivity index (χ0n) is 20.8. The van der Waals surface area contributed by atoms with Crippen LogP contribution in [0.1, 0.15) is 49.9 Å². The number of hydrogen-bond acceptors (Lipinski definition) is 6. The van der Waals surface area contributed by atoms with Gasteiger partial charge >= 0.3 is 6.36 Å². The summed E-state index contributed by atoms with van der Waals surface area (Å²) in [5, 5.41) is 10.8. The van der Waals surface area contributed by atoms with Crippen LogP contribution in [0.5, 0.6) is 0 Å². The van der Waals surface area contributed by atoms with E-state index in [0.29, 0.717) is 48.4 Å². The summed E-state index contributed by atoms with van der Waals surface area (Å²) >= 11 is 0. The lowest BCUT2D eigenvalue weighted by atomic mass is 9.93. The van der Waals surface area contributed by atoms with Crippen molar-refractivity contribution in [2.75, 3.05) is 11.9 Å². The highest BCUT2D eigenvalue weighted by Gasteiger charge is 2.35. The number of rotatable bonds is 7. The Bertz CT molecular complexity index is 1450. The van der Waals surface area contributed by atoms with Crippen LogP contribution in [0.4, 0.5) is 23.5 Å². The minimum atomic E-state index is -4.62. The first kappa shape index (κ1) is 25.9.